The predicted octanol–water partition coefficient (Wildman–Crippen LogP) is 4.41. The summed E-state index contributed by atoms with van der Waals surface area (Å²) < 4.78 is 5.73. The van der Waals surface area contributed by atoms with Crippen molar-refractivity contribution in [3.05, 3.63) is 59.7 Å². The van der Waals surface area contributed by atoms with Crippen molar-refractivity contribution >= 4 is 18.0 Å². The molecule has 0 bridgehead atoms. The van der Waals surface area contributed by atoms with Gasteiger partial charge in [0.2, 0.25) is 5.91 Å². The van der Waals surface area contributed by atoms with Crippen LogP contribution >= 0.6 is 0 Å². The molecule has 184 valence electrons. The number of carbonyl (C=O) groups is 3. The monoisotopic (exact) mass is 476 g/mol. The highest BCUT2D eigenvalue weighted by Crippen LogP contribution is 2.44. The van der Waals surface area contributed by atoms with Gasteiger partial charge >= 0.3 is 12.1 Å². The first-order chi connectivity index (χ1) is 17.0. The van der Waals surface area contributed by atoms with E-state index in [9.17, 15) is 14.4 Å². The molecule has 2 N–H and O–H groups in total. The number of nitrogens with one attached hydrogen (secondary N) is 1. The second-order valence-electron chi connectivity index (χ2n) is 10.0. The number of nitrogens with zero attached hydrogens (tertiary/aromatic N) is 1. The molecular weight excluding hydrogens is 444 g/mol. The smallest absolute Gasteiger partial charge is 0.407 e. The van der Waals surface area contributed by atoms with Gasteiger partial charge in [0.05, 0.1) is 12.3 Å². The molecule has 2 amide bonds. The first kappa shape index (κ1) is 23.4. The topological polar surface area (TPSA) is 95.9 Å². The highest BCUT2D eigenvalue weighted by molar-refractivity contribution is 5.82. The third-order valence-electron chi connectivity index (χ3n) is 7.71. The van der Waals surface area contributed by atoms with Gasteiger partial charge in [0, 0.05) is 31.0 Å². The fourth-order valence-corrected chi connectivity index (χ4v) is 5.93. The van der Waals surface area contributed by atoms with Crippen LogP contribution in [0.25, 0.3) is 11.1 Å². The van der Waals surface area contributed by atoms with Crippen LogP contribution in [0.5, 0.6) is 0 Å². The Morgan fingerprint density at radius 3 is 2.20 bits per heavy atom. The van der Waals surface area contributed by atoms with Gasteiger partial charge in [-0.3, -0.25) is 9.59 Å². The number of fused-ring (bicyclic) bond motifs is 3. The van der Waals surface area contributed by atoms with Gasteiger partial charge in [0.25, 0.3) is 0 Å². The van der Waals surface area contributed by atoms with Gasteiger partial charge in [0.1, 0.15) is 6.61 Å². The molecule has 0 unspecified atom stereocenters. The van der Waals surface area contributed by atoms with Crippen LogP contribution in [0.4, 0.5) is 4.79 Å². The Kier molecular flexibility index (Phi) is 6.75. The maximum Gasteiger partial charge on any atom is 0.407 e. The van der Waals surface area contributed by atoms with Crippen LogP contribution in [0.1, 0.15) is 55.6 Å². The Bertz CT molecular complexity index is 1060. The van der Waals surface area contributed by atoms with E-state index < -0.39 is 12.1 Å². The summed E-state index contributed by atoms with van der Waals surface area (Å²) in [6, 6.07) is 16.2. The highest BCUT2D eigenvalue weighted by atomic mass is 16.5. The van der Waals surface area contributed by atoms with Crippen molar-refractivity contribution < 1.29 is 24.2 Å². The van der Waals surface area contributed by atoms with E-state index in [1.807, 2.05) is 24.3 Å². The molecule has 1 saturated heterocycles. The number of hydrogen-bond donors (Lipinski definition) is 2. The summed E-state index contributed by atoms with van der Waals surface area (Å²) in [6.07, 6.45) is 4.03. The van der Waals surface area contributed by atoms with Crippen molar-refractivity contribution in [2.75, 3.05) is 19.7 Å². The summed E-state index contributed by atoms with van der Waals surface area (Å²) in [4.78, 5) is 38.7. The van der Waals surface area contributed by atoms with E-state index in [0.717, 1.165) is 43.2 Å². The number of rotatable bonds is 6. The second kappa shape index (κ2) is 10.1. The molecule has 2 aliphatic carbocycles. The Labute approximate surface area is 205 Å². The van der Waals surface area contributed by atoms with Crippen molar-refractivity contribution in [1.29, 1.82) is 0 Å². The van der Waals surface area contributed by atoms with Gasteiger partial charge in [-0.2, -0.15) is 0 Å². The zero-order valence-corrected chi connectivity index (χ0v) is 19.8. The molecule has 2 atom stereocenters. The summed E-state index contributed by atoms with van der Waals surface area (Å²) in [6.45, 7) is 1.22. The fraction of sp³-hybridized carbons (Fsp3) is 0.464. The molecule has 1 heterocycles. The first-order valence-corrected chi connectivity index (χ1v) is 12.6. The van der Waals surface area contributed by atoms with Gasteiger partial charge < -0.3 is 20.1 Å². The van der Waals surface area contributed by atoms with Gasteiger partial charge in [0.15, 0.2) is 0 Å². The third-order valence-corrected chi connectivity index (χ3v) is 7.71. The quantitative estimate of drug-likeness (QED) is 0.602. The van der Waals surface area contributed by atoms with E-state index in [4.69, 9.17) is 9.84 Å². The highest BCUT2D eigenvalue weighted by Gasteiger charge is 2.39. The van der Waals surface area contributed by atoms with Gasteiger partial charge in [-0.25, -0.2) is 4.79 Å². The van der Waals surface area contributed by atoms with E-state index >= 15 is 0 Å². The molecule has 35 heavy (non-hydrogen) atoms. The lowest BCUT2D eigenvalue weighted by atomic mass is 9.89. The lowest BCUT2D eigenvalue weighted by molar-refractivity contribution is -0.148. The Morgan fingerprint density at radius 1 is 0.914 bits per heavy atom. The zero-order valence-electron chi connectivity index (χ0n) is 19.8. The van der Waals surface area contributed by atoms with Crippen molar-refractivity contribution in [3.63, 3.8) is 0 Å². The minimum absolute atomic E-state index is 0.00744. The van der Waals surface area contributed by atoms with Crippen molar-refractivity contribution in [1.82, 2.24) is 10.2 Å². The number of likely N-dealkylation sites (tertiary alicyclic amines) is 1. The molecule has 0 spiro atoms. The number of ether oxygens (including phenoxy) is 1. The first-order valence-electron chi connectivity index (χ1n) is 12.6. The maximum atomic E-state index is 13.2. The van der Waals surface area contributed by atoms with Crippen molar-refractivity contribution in [3.8, 4) is 11.1 Å². The van der Waals surface area contributed by atoms with Crippen LogP contribution in [-0.2, 0) is 14.3 Å². The molecule has 1 saturated carbocycles. The Balaban J connectivity index is 1.21. The number of carboxylic acid groups (broad SMARTS) is 1. The number of aliphatic carboxylic acids is 1. The molecule has 5 rings (SSSR count). The van der Waals surface area contributed by atoms with Crippen LogP contribution in [0, 0.1) is 11.8 Å². The normalized spacial score (nSPS) is 21.9. The molecule has 0 aromatic heterocycles. The standard InChI is InChI=1S/C28H32N2O5/c31-26(32)14-18-15-30(16-18)27(33)23-12-2-1-3-13-25(23)29-28(34)35-17-24-21-10-6-4-8-19(21)20-9-5-7-11-22(20)24/h4-11,18,23-25H,1-3,12-17H2,(H,29,34)(H,31,32)/t23-,25+/m0/s1. The number of alkyl carbamates (subject to hydrolysis) is 1. The van der Waals surface area contributed by atoms with Crippen LogP contribution in [0.15, 0.2) is 48.5 Å². The van der Waals surface area contributed by atoms with Crippen LogP contribution in [0.3, 0.4) is 0 Å². The molecule has 2 aromatic carbocycles. The van der Waals surface area contributed by atoms with Crippen molar-refractivity contribution in [2.24, 2.45) is 11.8 Å². The van der Waals surface area contributed by atoms with Crippen molar-refractivity contribution in [2.45, 2.75) is 50.5 Å². The van der Waals surface area contributed by atoms with E-state index in [-0.39, 0.29) is 42.7 Å². The number of amides is 2. The molecule has 2 fully saturated rings. The Morgan fingerprint density at radius 2 is 1.54 bits per heavy atom. The molecular formula is C28H32N2O5. The summed E-state index contributed by atoms with van der Waals surface area (Å²) in [7, 11) is 0. The largest absolute Gasteiger partial charge is 0.481 e. The summed E-state index contributed by atoms with van der Waals surface area (Å²) in [5.74, 6) is -1.07. The number of carbonyl (C=O) groups excluding carboxylic acids is 2. The number of hydrogen-bond acceptors (Lipinski definition) is 4. The van der Waals surface area contributed by atoms with Crippen LogP contribution in [-0.4, -0.2) is 53.7 Å². The second-order valence-corrected chi connectivity index (χ2v) is 10.0. The minimum Gasteiger partial charge on any atom is -0.481 e. The molecule has 2 aromatic rings. The fourth-order valence-electron chi connectivity index (χ4n) is 5.93. The number of carboxylic acids is 1. The maximum absolute atomic E-state index is 13.2. The minimum atomic E-state index is -0.827. The molecule has 1 aliphatic heterocycles. The van der Waals surface area contributed by atoms with Gasteiger partial charge in [-0.05, 0) is 35.1 Å². The number of benzene rings is 2. The predicted molar refractivity (Wildman–Crippen MR) is 131 cm³/mol. The Hall–Kier alpha value is -3.35. The third kappa shape index (κ3) is 4.90. The molecule has 3 aliphatic rings. The van der Waals surface area contributed by atoms with Gasteiger partial charge in [-0.1, -0.05) is 67.8 Å². The van der Waals surface area contributed by atoms with E-state index in [0.29, 0.717) is 13.1 Å². The SMILES string of the molecule is O=C(O)CC1CN(C(=O)[C@H]2CCCCC[C@H]2NC(=O)OCC2c3ccccc3-c3ccccc32)C1. The summed E-state index contributed by atoms with van der Waals surface area (Å²) in [5, 5.41) is 12.0. The van der Waals surface area contributed by atoms with Gasteiger partial charge in [-0.15, -0.1) is 0 Å². The van der Waals surface area contributed by atoms with Crippen LogP contribution in [0.2, 0.25) is 0 Å². The lowest BCUT2D eigenvalue weighted by Gasteiger charge is -2.41. The molecule has 7 heteroatoms. The molecule has 7 nitrogen and oxygen atoms in total. The molecule has 0 radical (unpaired) electrons. The van der Waals surface area contributed by atoms with E-state index in [1.54, 1.807) is 4.90 Å². The summed E-state index contributed by atoms with van der Waals surface area (Å²) >= 11 is 0. The lowest BCUT2D eigenvalue weighted by Crippen LogP contribution is -2.56. The van der Waals surface area contributed by atoms with Crippen LogP contribution < -0.4 is 5.32 Å². The average Bonchev–Trinajstić information content (AvgIpc) is 2.96. The van der Waals surface area contributed by atoms with E-state index in [1.165, 1.54) is 11.1 Å². The van der Waals surface area contributed by atoms with E-state index in [2.05, 4.69) is 29.6 Å². The summed E-state index contributed by atoms with van der Waals surface area (Å²) in [5.41, 5.74) is 4.69. The zero-order chi connectivity index (χ0) is 24.4. The average molecular weight is 477 g/mol.